The second kappa shape index (κ2) is 3.32. The van der Waals surface area contributed by atoms with Gasteiger partial charge in [-0.05, 0) is 18.2 Å². The fourth-order valence-electron chi connectivity index (χ4n) is 0.768. The lowest BCUT2D eigenvalue weighted by Gasteiger charge is -1.96. The summed E-state index contributed by atoms with van der Waals surface area (Å²) in [5.41, 5.74) is 0.00345. The Labute approximate surface area is 79.6 Å². The molecule has 0 aliphatic heterocycles. The molecule has 0 N–H and O–H groups in total. The van der Waals surface area contributed by atoms with Gasteiger partial charge in [0.05, 0.1) is 11.6 Å². The molecule has 68 valence electrons. The Bertz CT molecular complexity index is 478. The molecule has 13 heavy (non-hydrogen) atoms. The van der Waals surface area contributed by atoms with Crippen LogP contribution in [0.3, 0.4) is 0 Å². The molecule has 0 aromatic heterocycles. The smallest absolute Gasteiger partial charge is 0.192 e. The van der Waals surface area contributed by atoms with Crippen LogP contribution in [-0.2, 0) is 10.2 Å². The molecule has 0 unspecified atom stereocenters. The number of rotatable bonds is 1. The first kappa shape index (κ1) is 9.96. The lowest BCUT2D eigenvalue weighted by atomic mass is 10.2. The topological polar surface area (TPSA) is 57.9 Å². The fourth-order valence-corrected chi connectivity index (χ4v) is 1.60. The number of halogens is 2. The van der Waals surface area contributed by atoms with E-state index in [2.05, 4.69) is 0 Å². The first-order valence-corrected chi connectivity index (χ1v) is 4.85. The van der Waals surface area contributed by atoms with E-state index < -0.39 is 15.1 Å². The van der Waals surface area contributed by atoms with E-state index in [-0.39, 0.29) is 10.6 Å². The van der Waals surface area contributed by atoms with Crippen molar-refractivity contribution in [1.29, 1.82) is 5.26 Å². The quantitative estimate of drug-likeness (QED) is 0.678. The van der Waals surface area contributed by atoms with Crippen LogP contribution in [0.5, 0.6) is 0 Å². The van der Waals surface area contributed by atoms with Gasteiger partial charge < -0.3 is 0 Å². The minimum Gasteiger partial charge on any atom is -0.192 e. The molecule has 0 saturated carbocycles. The first-order valence-electron chi connectivity index (χ1n) is 3.09. The van der Waals surface area contributed by atoms with Gasteiger partial charge in [-0.25, -0.2) is 0 Å². The van der Waals surface area contributed by atoms with Crippen LogP contribution in [0.2, 0.25) is 5.02 Å². The second-order valence-electron chi connectivity index (χ2n) is 2.23. The van der Waals surface area contributed by atoms with Crippen LogP contribution in [-0.4, -0.2) is 8.42 Å². The van der Waals surface area contributed by atoms with E-state index in [1.165, 1.54) is 6.07 Å². The Hall–Kier alpha value is -1.12. The van der Waals surface area contributed by atoms with Crippen molar-refractivity contribution in [1.82, 2.24) is 0 Å². The summed E-state index contributed by atoms with van der Waals surface area (Å²) in [4.78, 5) is -0.600. The molecule has 0 aliphatic carbocycles. The van der Waals surface area contributed by atoms with E-state index >= 15 is 0 Å². The van der Waals surface area contributed by atoms with E-state index in [0.29, 0.717) is 0 Å². The number of hydrogen-bond donors (Lipinski definition) is 0. The van der Waals surface area contributed by atoms with Crippen molar-refractivity contribution in [2.45, 2.75) is 4.90 Å². The van der Waals surface area contributed by atoms with Crippen LogP contribution in [0.1, 0.15) is 5.56 Å². The highest BCUT2D eigenvalue weighted by Gasteiger charge is 2.13. The third kappa shape index (κ3) is 2.41. The maximum absolute atomic E-state index is 12.4. The van der Waals surface area contributed by atoms with Crippen LogP contribution < -0.4 is 0 Å². The molecule has 1 aromatic carbocycles. The Morgan fingerprint density at radius 2 is 2.00 bits per heavy atom. The van der Waals surface area contributed by atoms with Crippen molar-refractivity contribution in [3.8, 4) is 6.07 Å². The predicted octanol–water partition coefficient (Wildman–Crippen LogP) is 1.87. The molecule has 0 fully saturated rings. The summed E-state index contributed by atoms with van der Waals surface area (Å²) in [5.74, 6) is 0. The number of nitriles is 1. The maximum Gasteiger partial charge on any atom is 0.332 e. The average molecular weight is 220 g/mol. The SMILES string of the molecule is N#Cc1cc(Cl)cc(S(=O)(=O)F)c1. The molecule has 3 nitrogen and oxygen atoms in total. The van der Waals surface area contributed by atoms with Gasteiger partial charge in [0.15, 0.2) is 0 Å². The molecular formula is C7H3ClFNO2S. The molecule has 0 radical (unpaired) electrons. The highest BCUT2D eigenvalue weighted by atomic mass is 35.5. The van der Waals surface area contributed by atoms with Crippen molar-refractivity contribution in [3.05, 3.63) is 28.8 Å². The molecule has 0 bridgehead atoms. The summed E-state index contributed by atoms with van der Waals surface area (Å²) in [6.45, 7) is 0. The minimum absolute atomic E-state index is 0.00345. The molecule has 6 heteroatoms. The zero-order chi connectivity index (χ0) is 10.1. The summed E-state index contributed by atoms with van der Waals surface area (Å²) >= 11 is 5.45. The highest BCUT2D eigenvalue weighted by Crippen LogP contribution is 2.19. The summed E-state index contributed by atoms with van der Waals surface area (Å²) in [7, 11) is -4.79. The number of nitrogens with zero attached hydrogens (tertiary/aromatic N) is 1. The number of benzene rings is 1. The zero-order valence-corrected chi connectivity index (χ0v) is 7.73. The van der Waals surface area contributed by atoms with Crippen LogP contribution in [0.25, 0.3) is 0 Å². The Kier molecular flexibility index (Phi) is 2.55. The third-order valence-electron chi connectivity index (χ3n) is 1.28. The first-order chi connectivity index (χ1) is 5.93. The average Bonchev–Trinajstić information content (AvgIpc) is 2.01. The molecule has 0 heterocycles. The largest absolute Gasteiger partial charge is 0.332 e. The third-order valence-corrected chi connectivity index (χ3v) is 2.30. The van der Waals surface area contributed by atoms with Crippen molar-refractivity contribution >= 4 is 21.8 Å². The lowest BCUT2D eigenvalue weighted by molar-refractivity contribution is 0.552. The summed E-state index contributed by atoms with van der Waals surface area (Å²) < 4.78 is 33.3. The molecular weight excluding hydrogens is 217 g/mol. The molecule has 0 aliphatic rings. The lowest BCUT2D eigenvalue weighted by Crippen LogP contribution is -1.92. The van der Waals surface area contributed by atoms with Gasteiger partial charge in [0.2, 0.25) is 0 Å². The standard InChI is InChI=1S/C7H3ClFNO2S/c8-6-1-5(4-10)2-7(3-6)13(9,11)12/h1-3H. The fraction of sp³-hybridized carbons (Fsp3) is 0. The Morgan fingerprint density at radius 3 is 2.46 bits per heavy atom. The van der Waals surface area contributed by atoms with Gasteiger partial charge >= 0.3 is 10.2 Å². The second-order valence-corrected chi connectivity index (χ2v) is 4.01. The van der Waals surface area contributed by atoms with Crippen LogP contribution in [0.15, 0.2) is 23.1 Å². The van der Waals surface area contributed by atoms with E-state index in [1.807, 2.05) is 0 Å². The van der Waals surface area contributed by atoms with Gasteiger partial charge in [-0.1, -0.05) is 11.6 Å². The molecule has 1 aromatic rings. The highest BCUT2D eigenvalue weighted by molar-refractivity contribution is 7.86. The molecule has 0 atom stereocenters. The molecule has 0 spiro atoms. The van der Waals surface area contributed by atoms with Gasteiger partial charge in [-0.2, -0.15) is 13.7 Å². The number of hydrogen-bond acceptors (Lipinski definition) is 3. The van der Waals surface area contributed by atoms with Crippen molar-refractivity contribution in [2.24, 2.45) is 0 Å². The van der Waals surface area contributed by atoms with E-state index in [4.69, 9.17) is 16.9 Å². The predicted molar refractivity (Wildman–Crippen MR) is 44.5 cm³/mol. The van der Waals surface area contributed by atoms with Gasteiger partial charge in [-0.15, -0.1) is 3.89 Å². The van der Waals surface area contributed by atoms with Crippen molar-refractivity contribution < 1.29 is 12.3 Å². The van der Waals surface area contributed by atoms with Crippen molar-refractivity contribution in [2.75, 3.05) is 0 Å². The van der Waals surface area contributed by atoms with Crippen LogP contribution >= 0.6 is 11.6 Å². The van der Waals surface area contributed by atoms with E-state index in [9.17, 15) is 12.3 Å². The van der Waals surface area contributed by atoms with E-state index in [1.54, 1.807) is 6.07 Å². The van der Waals surface area contributed by atoms with Gasteiger partial charge in [0.1, 0.15) is 4.90 Å². The van der Waals surface area contributed by atoms with Gasteiger partial charge in [-0.3, -0.25) is 0 Å². The van der Waals surface area contributed by atoms with E-state index in [0.717, 1.165) is 12.1 Å². The minimum atomic E-state index is -4.79. The summed E-state index contributed by atoms with van der Waals surface area (Å²) in [6.07, 6.45) is 0. The van der Waals surface area contributed by atoms with Crippen molar-refractivity contribution in [3.63, 3.8) is 0 Å². The Morgan fingerprint density at radius 1 is 1.38 bits per heavy atom. The van der Waals surface area contributed by atoms with Crippen LogP contribution in [0.4, 0.5) is 3.89 Å². The van der Waals surface area contributed by atoms with Gasteiger partial charge in [0, 0.05) is 5.02 Å². The zero-order valence-electron chi connectivity index (χ0n) is 6.16. The van der Waals surface area contributed by atoms with Crippen LogP contribution in [0, 0.1) is 11.3 Å². The molecule has 1 rings (SSSR count). The normalized spacial score (nSPS) is 10.8. The summed E-state index contributed by atoms with van der Waals surface area (Å²) in [6, 6.07) is 4.77. The van der Waals surface area contributed by atoms with Gasteiger partial charge in [0.25, 0.3) is 0 Å². The monoisotopic (exact) mass is 219 g/mol. The molecule has 0 amide bonds. The maximum atomic E-state index is 12.4. The molecule has 0 saturated heterocycles. The Balaban J connectivity index is 3.44. The summed E-state index contributed by atoms with van der Waals surface area (Å²) in [5, 5.41) is 8.44.